The smallest absolute Gasteiger partial charge is 0.320 e. The van der Waals surface area contributed by atoms with Crippen molar-refractivity contribution in [2.75, 3.05) is 13.6 Å². The van der Waals surface area contributed by atoms with Crippen LogP contribution in [0.4, 0.5) is 0 Å². The van der Waals surface area contributed by atoms with E-state index in [-0.39, 0.29) is 29.6 Å². The lowest BCUT2D eigenvalue weighted by atomic mass is 9.89. The first-order chi connectivity index (χ1) is 11.6. The number of ketones is 1. The third-order valence-corrected chi connectivity index (χ3v) is 4.74. The van der Waals surface area contributed by atoms with Gasteiger partial charge < -0.3 is 15.2 Å². The Hall–Kier alpha value is -1.43. The molecule has 0 aromatic heterocycles. The monoisotopic (exact) mass is 356 g/mol. The topological polar surface area (TPSA) is 86.7 Å². The number of nitrogens with one attached hydrogen (secondary N) is 1. The van der Waals surface area contributed by atoms with Crippen LogP contribution in [0.25, 0.3) is 0 Å². The zero-order chi connectivity index (χ0) is 19.6. The summed E-state index contributed by atoms with van der Waals surface area (Å²) in [5.74, 6) is -0.666. The largest absolute Gasteiger partial charge is 0.480 e. The van der Waals surface area contributed by atoms with Crippen LogP contribution in [0.5, 0.6) is 0 Å². The fraction of sp³-hybridized carbons (Fsp3) is 0.842. The highest BCUT2D eigenvalue weighted by atomic mass is 16.4. The maximum atomic E-state index is 12.3. The summed E-state index contributed by atoms with van der Waals surface area (Å²) in [6.07, 6.45) is 3.07. The molecule has 0 bridgehead atoms. The van der Waals surface area contributed by atoms with E-state index >= 15 is 0 Å². The van der Waals surface area contributed by atoms with Crippen molar-refractivity contribution in [3.8, 4) is 0 Å². The summed E-state index contributed by atoms with van der Waals surface area (Å²) >= 11 is 0. The molecule has 1 amide bonds. The number of hydrogen-bond donors (Lipinski definition) is 2. The van der Waals surface area contributed by atoms with Gasteiger partial charge in [0.05, 0.1) is 0 Å². The van der Waals surface area contributed by atoms with E-state index in [0.717, 1.165) is 12.8 Å². The molecule has 2 atom stereocenters. The van der Waals surface area contributed by atoms with Crippen LogP contribution in [0, 0.1) is 11.8 Å². The van der Waals surface area contributed by atoms with Gasteiger partial charge in [-0.25, -0.2) is 0 Å². The molecule has 6 heteroatoms. The van der Waals surface area contributed by atoms with Gasteiger partial charge in [-0.1, -0.05) is 13.8 Å². The molecule has 146 valence electrons. The van der Waals surface area contributed by atoms with Gasteiger partial charge in [-0.15, -0.1) is 0 Å². The summed E-state index contributed by atoms with van der Waals surface area (Å²) in [4.78, 5) is 36.6. The molecule has 0 saturated heterocycles. The molecule has 0 heterocycles. The number of carbonyl (C=O) groups excluding carboxylic acids is 2. The van der Waals surface area contributed by atoms with Crippen LogP contribution in [0.1, 0.15) is 66.7 Å². The fourth-order valence-corrected chi connectivity index (χ4v) is 2.79. The van der Waals surface area contributed by atoms with E-state index in [1.807, 2.05) is 39.6 Å². The number of carbonyl (C=O) groups is 3. The van der Waals surface area contributed by atoms with Gasteiger partial charge in [-0.3, -0.25) is 14.5 Å². The lowest BCUT2D eigenvalue weighted by Crippen LogP contribution is -2.42. The van der Waals surface area contributed by atoms with Crippen LogP contribution in [-0.2, 0) is 14.4 Å². The second-order valence-corrected chi connectivity index (χ2v) is 7.49. The van der Waals surface area contributed by atoms with Crippen molar-refractivity contribution in [3.63, 3.8) is 0 Å². The second-order valence-electron chi connectivity index (χ2n) is 7.49. The number of Topliss-reactive ketones (excluding diaryl/α,β-unsaturated/α-hetero) is 1. The van der Waals surface area contributed by atoms with Gasteiger partial charge in [0, 0.05) is 24.9 Å². The molecule has 0 saturated carbocycles. The van der Waals surface area contributed by atoms with E-state index < -0.39 is 12.0 Å². The summed E-state index contributed by atoms with van der Waals surface area (Å²) in [6.45, 7) is 10.0. The molecule has 0 aliphatic rings. The molecular formula is C19H36N2O4. The van der Waals surface area contributed by atoms with Crippen molar-refractivity contribution in [2.45, 2.75) is 78.8 Å². The maximum absolute atomic E-state index is 12.3. The minimum absolute atomic E-state index is 0.00895. The number of unbranched alkanes of at least 4 members (excludes halogenated alkanes) is 1. The summed E-state index contributed by atoms with van der Waals surface area (Å²) in [7, 11) is 1.83. The average Bonchev–Trinajstić information content (AvgIpc) is 2.49. The van der Waals surface area contributed by atoms with Gasteiger partial charge in [0.15, 0.2) is 0 Å². The first-order valence-electron chi connectivity index (χ1n) is 9.29. The number of aliphatic carboxylic acids is 1. The van der Waals surface area contributed by atoms with Gasteiger partial charge in [0.1, 0.15) is 11.8 Å². The molecule has 0 unspecified atom stereocenters. The number of hydrogen-bond acceptors (Lipinski definition) is 4. The molecule has 0 aromatic carbocycles. The van der Waals surface area contributed by atoms with Crippen LogP contribution in [0.3, 0.4) is 0 Å². The highest BCUT2D eigenvalue weighted by Crippen LogP contribution is 2.18. The van der Waals surface area contributed by atoms with Crippen LogP contribution >= 0.6 is 0 Å². The van der Waals surface area contributed by atoms with E-state index in [2.05, 4.69) is 5.32 Å². The molecule has 6 nitrogen and oxygen atoms in total. The quantitative estimate of drug-likeness (QED) is 0.496. The van der Waals surface area contributed by atoms with Crippen LogP contribution in [0.2, 0.25) is 0 Å². The van der Waals surface area contributed by atoms with Crippen LogP contribution in [0.15, 0.2) is 0 Å². The SMILES string of the molecule is CC(=O)CC[C@H](C(=O)NCCCC[C@@H](C(=O)O)N(C)C(C)C)C(C)C. The number of carboxylic acid groups (broad SMARTS) is 1. The molecule has 0 radical (unpaired) electrons. The molecule has 0 spiro atoms. The van der Waals surface area contributed by atoms with Gasteiger partial charge >= 0.3 is 5.97 Å². The maximum Gasteiger partial charge on any atom is 0.320 e. The minimum atomic E-state index is -0.802. The van der Waals surface area contributed by atoms with E-state index in [4.69, 9.17) is 0 Å². The highest BCUT2D eigenvalue weighted by Gasteiger charge is 2.24. The fourth-order valence-electron chi connectivity index (χ4n) is 2.79. The Morgan fingerprint density at radius 3 is 2.08 bits per heavy atom. The zero-order valence-electron chi connectivity index (χ0n) is 16.7. The average molecular weight is 357 g/mol. The van der Waals surface area contributed by atoms with Crippen LogP contribution in [-0.4, -0.2) is 53.3 Å². The number of nitrogens with zero attached hydrogens (tertiary/aromatic N) is 1. The minimum Gasteiger partial charge on any atom is -0.480 e. The van der Waals surface area contributed by atoms with Gasteiger partial charge in [-0.05, 0) is 59.4 Å². The molecule has 0 rings (SSSR count). The third kappa shape index (κ3) is 9.58. The molecule has 0 fully saturated rings. The lowest BCUT2D eigenvalue weighted by Gasteiger charge is -2.28. The van der Waals surface area contributed by atoms with Crippen LogP contribution < -0.4 is 5.32 Å². The second kappa shape index (κ2) is 12.0. The Labute approximate surface area is 152 Å². The number of carboxylic acids is 1. The molecule has 0 aliphatic heterocycles. The van der Waals surface area contributed by atoms with Crippen molar-refractivity contribution in [3.05, 3.63) is 0 Å². The predicted octanol–water partition coefficient (Wildman–Crippen LogP) is 2.71. The number of likely N-dealkylation sites (N-methyl/N-ethyl adjacent to an activating group) is 1. The normalized spacial score (nSPS) is 14.0. The summed E-state index contributed by atoms with van der Waals surface area (Å²) in [5.41, 5.74) is 0. The number of amides is 1. The molecule has 0 aromatic rings. The van der Waals surface area contributed by atoms with E-state index in [9.17, 15) is 19.5 Å². The molecule has 25 heavy (non-hydrogen) atoms. The first-order valence-corrected chi connectivity index (χ1v) is 9.29. The zero-order valence-corrected chi connectivity index (χ0v) is 16.7. The Balaban J connectivity index is 4.25. The van der Waals surface area contributed by atoms with Crippen molar-refractivity contribution in [2.24, 2.45) is 11.8 Å². The number of rotatable bonds is 13. The van der Waals surface area contributed by atoms with E-state index in [1.165, 1.54) is 0 Å². The predicted molar refractivity (Wildman–Crippen MR) is 99.4 cm³/mol. The first kappa shape index (κ1) is 23.6. The van der Waals surface area contributed by atoms with Crippen molar-refractivity contribution in [1.29, 1.82) is 0 Å². The van der Waals surface area contributed by atoms with E-state index in [0.29, 0.717) is 25.8 Å². The van der Waals surface area contributed by atoms with Gasteiger partial charge in [0.2, 0.25) is 5.91 Å². The molecule has 0 aliphatic carbocycles. The standard InChI is InChI=1S/C19H36N2O4/c1-13(2)16(11-10-15(5)22)18(23)20-12-8-7-9-17(19(24)25)21(6)14(3)4/h13-14,16-17H,7-12H2,1-6H3,(H,20,23)(H,24,25)/t16-,17-/m0/s1. The summed E-state index contributed by atoms with van der Waals surface area (Å²) < 4.78 is 0. The van der Waals surface area contributed by atoms with Crippen molar-refractivity contribution >= 4 is 17.7 Å². The van der Waals surface area contributed by atoms with Gasteiger partial charge in [0.25, 0.3) is 0 Å². The Morgan fingerprint density at radius 1 is 1.04 bits per heavy atom. The highest BCUT2D eigenvalue weighted by molar-refractivity contribution is 5.80. The Bertz CT molecular complexity index is 435. The molecular weight excluding hydrogens is 320 g/mol. The van der Waals surface area contributed by atoms with Crippen molar-refractivity contribution < 1.29 is 19.5 Å². The van der Waals surface area contributed by atoms with Crippen molar-refractivity contribution in [1.82, 2.24) is 10.2 Å². The van der Waals surface area contributed by atoms with E-state index in [1.54, 1.807) is 6.92 Å². The lowest BCUT2D eigenvalue weighted by molar-refractivity contribution is -0.143. The van der Waals surface area contributed by atoms with Gasteiger partial charge in [-0.2, -0.15) is 0 Å². The summed E-state index contributed by atoms with van der Waals surface area (Å²) in [6, 6.07) is -0.316. The Kier molecular flexibility index (Phi) is 11.3. The Morgan fingerprint density at radius 2 is 1.64 bits per heavy atom. The third-order valence-electron chi connectivity index (χ3n) is 4.74. The molecule has 2 N–H and O–H groups in total. The summed E-state index contributed by atoms with van der Waals surface area (Å²) in [5, 5.41) is 12.3.